The number of para-hydroxylation sites is 1. The number of hydrogen-bond donors (Lipinski definition) is 0. The SMILES string of the molecule is O=c1n(CCCCCCN2CCN(c3nsc4ccccc34)CC2)c2cccc3c2n1CCC3. The second-order valence-electron chi connectivity index (χ2n) is 9.72. The molecule has 0 amide bonds. The van der Waals surface area contributed by atoms with Crippen molar-refractivity contribution in [2.24, 2.45) is 0 Å². The maximum Gasteiger partial charge on any atom is 0.329 e. The van der Waals surface area contributed by atoms with Crippen molar-refractivity contribution in [1.29, 1.82) is 0 Å². The monoisotopic (exact) mass is 475 g/mol. The third-order valence-corrected chi connectivity index (χ3v) is 8.40. The molecule has 0 aliphatic carbocycles. The zero-order chi connectivity index (χ0) is 22.9. The zero-order valence-electron chi connectivity index (χ0n) is 19.8. The molecule has 1 fully saturated rings. The van der Waals surface area contributed by atoms with Gasteiger partial charge in [-0.05, 0) is 67.5 Å². The second kappa shape index (κ2) is 9.55. The van der Waals surface area contributed by atoms with E-state index < -0.39 is 0 Å². The number of anilines is 1. The fourth-order valence-corrected chi connectivity index (χ4v) is 6.54. The highest BCUT2D eigenvalue weighted by Crippen LogP contribution is 2.30. The topological polar surface area (TPSA) is 46.3 Å². The molecule has 4 heterocycles. The highest BCUT2D eigenvalue weighted by atomic mass is 32.1. The van der Waals surface area contributed by atoms with E-state index in [2.05, 4.69) is 52.3 Å². The van der Waals surface area contributed by atoms with Gasteiger partial charge < -0.3 is 4.90 Å². The van der Waals surface area contributed by atoms with Crippen LogP contribution in [0.4, 0.5) is 5.82 Å². The zero-order valence-corrected chi connectivity index (χ0v) is 20.6. The lowest BCUT2D eigenvalue weighted by Crippen LogP contribution is -2.46. The third kappa shape index (κ3) is 4.05. The maximum absolute atomic E-state index is 12.9. The van der Waals surface area contributed by atoms with Crippen molar-refractivity contribution < 1.29 is 0 Å². The minimum absolute atomic E-state index is 0.188. The van der Waals surface area contributed by atoms with Gasteiger partial charge in [0.15, 0.2) is 0 Å². The summed E-state index contributed by atoms with van der Waals surface area (Å²) in [6, 6.07) is 15.0. The molecule has 2 aromatic carbocycles. The van der Waals surface area contributed by atoms with Gasteiger partial charge in [0, 0.05) is 44.7 Å². The molecule has 4 aromatic rings. The fourth-order valence-electron chi connectivity index (χ4n) is 5.75. The quantitative estimate of drug-likeness (QED) is 0.345. The van der Waals surface area contributed by atoms with Crippen molar-refractivity contribution >= 4 is 38.5 Å². The maximum atomic E-state index is 12.9. The van der Waals surface area contributed by atoms with Crippen LogP contribution in [-0.4, -0.2) is 51.1 Å². The summed E-state index contributed by atoms with van der Waals surface area (Å²) in [5.74, 6) is 1.17. The minimum atomic E-state index is 0.188. The average molecular weight is 476 g/mol. The normalized spacial score (nSPS) is 16.6. The van der Waals surface area contributed by atoms with Gasteiger partial charge in [0.1, 0.15) is 5.82 Å². The molecule has 0 spiro atoms. The third-order valence-electron chi connectivity index (χ3n) is 7.58. The molecule has 0 bridgehead atoms. The van der Waals surface area contributed by atoms with E-state index in [1.54, 1.807) is 11.5 Å². The van der Waals surface area contributed by atoms with Crippen LogP contribution in [0.15, 0.2) is 47.3 Å². The Bertz CT molecular complexity index is 1340. The van der Waals surface area contributed by atoms with Gasteiger partial charge in [0.25, 0.3) is 0 Å². The van der Waals surface area contributed by atoms with Crippen LogP contribution >= 0.6 is 11.5 Å². The number of rotatable bonds is 8. The molecule has 2 aliphatic rings. The van der Waals surface area contributed by atoms with Gasteiger partial charge in [-0.2, -0.15) is 4.37 Å². The summed E-state index contributed by atoms with van der Waals surface area (Å²) in [4.78, 5) is 18.0. The molecule has 0 unspecified atom stereocenters. The number of aryl methyl sites for hydroxylation is 3. The number of unbranched alkanes of at least 4 members (excludes halogenated alkanes) is 3. The molecule has 0 N–H and O–H groups in total. The van der Waals surface area contributed by atoms with Crippen LogP contribution in [0.3, 0.4) is 0 Å². The van der Waals surface area contributed by atoms with E-state index in [1.807, 2.05) is 9.13 Å². The van der Waals surface area contributed by atoms with E-state index in [4.69, 9.17) is 4.37 Å². The Morgan fingerprint density at radius 3 is 2.56 bits per heavy atom. The van der Waals surface area contributed by atoms with Gasteiger partial charge in [-0.3, -0.25) is 14.0 Å². The first-order valence-electron chi connectivity index (χ1n) is 12.8. The molecule has 6 nitrogen and oxygen atoms in total. The molecule has 1 saturated heterocycles. The number of hydrogen-bond acceptors (Lipinski definition) is 5. The summed E-state index contributed by atoms with van der Waals surface area (Å²) in [5.41, 5.74) is 3.84. The van der Waals surface area contributed by atoms with Crippen LogP contribution in [-0.2, 0) is 19.5 Å². The number of fused-ring (bicyclic) bond motifs is 1. The van der Waals surface area contributed by atoms with Crippen molar-refractivity contribution in [3.63, 3.8) is 0 Å². The van der Waals surface area contributed by atoms with Crippen LogP contribution in [0.2, 0.25) is 0 Å². The fraction of sp³-hybridized carbons (Fsp3) is 0.481. The molecule has 2 aliphatic heterocycles. The summed E-state index contributed by atoms with van der Waals surface area (Å²) in [7, 11) is 0. The molecule has 0 saturated carbocycles. The minimum Gasteiger partial charge on any atom is -0.353 e. The Morgan fingerprint density at radius 1 is 0.853 bits per heavy atom. The second-order valence-corrected chi connectivity index (χ2v) is 10.5. The average Bonchev–Trinajstić information content (AvgIpc) is 3.43. The summed E-state index contributed by atoms with van der Waals surface area (Å²) in [6.07, 6.45) is 6.90. The van der Waals surface area contributed by atoms with Crippen LogP contribution in [0.25, 0.3) is 21.1 Å². The van der Waals surface area contributed by atoms with Crippen LogP contribution < -0.4 is 10.6 Å². The van der Waals surface area contributed by atoms with Crippen molar-refractivity contribution in [2.75, 3.05) is 37.6 Å². The van der Waals surface area contributed by atoms with Gasteiger partial charge in [-0.15, -0.1) is 0 Å². The highest BCUT2D eigenvalue weighted by molar-refractivity contribution is 7.13. The van der Waals surface area contributed by atoms with Crippen LogP contribution in [0, 0.1) is 0 Å². The first-order valence-corrected chi connectivity index (χ1v) is 13.6. The first-order chi connectivity index (χ1) is 16.8. The van der Waals surface area contributed by atoms with Crippen molar-refractivity contribution in [2.45, 2.75) is 51.6 Å². The van der Waals surface area contributed by atoms with Crippen molar-refractivity contribution in [1.82, 2.24) is 18.4 Å². The summed E-state index contributed by atoms with van der Waals surface area (Å²) < 4.78 is 10.0. The van der Waals surface area contributed by atoms with Gasteiger partial charge in [0.05, 0.1) is 15.7 Å². The number of piperazine rings is 1. The van der Waals surface area contributed by atoms with Crippen molar-refractivity contribution in [3.05, 3.63) is 58.5 Å². The van der Waals surface area contributed by atoms with Gasteiger partial charge in [-0.25, -0.2) is 4.79 Å². The van der Waals surface area contributed by atoms with E-state index >= 15 is 0 Å². The Hall–Kier alpha value is -2.64. The number of imidazole rings is 1. The predicted octanol–water partition coefficient (Wildman–Crippen LogP) is 4.74. The van der Waals surface area contributed by atoms with Crippen LogP contribution in [0.1, 0.15) is 37.7 Å². The Kier molecular flexibility index (Phi) is 6.14. The lowest BCUT2D eigenvalue weighted by atomic mass is 10.0. The van der Waals surface area contributed by atoms with Crippen LogP contribution in [0.5, 0.6) is 0 Å². The summed E-state index contributed by atoms with van der Waals surface area (Å²) in [6.45, 7) is 7.23. The van der Waals surface area contributed by atoms with Crippen molar-refractivity contribution in [3.8, 4) is 0 Å². The number of benzene rings is 2. The van der Waals surface area contributed by atoms with E-state index in [9.17, 15) is 4.79 Å². The lowest BCUT2D eigenvalue weighted by molar-refractivity contribution is 0.251. The Balaban J connectivity index is 0.953. The molecule has 0 atom stereocenters. The van der Waals surface area contributed by atoms with E-state index in [0.717, 1.165) is 64.0 Å². The standard InChI is InChI=1S/C27H33N5OS/c33-27-31(23-12-7-9-21-10-8-16-32(27)25(21)23)15-6-2-1-5-14-29-17-19-30(20-18-29)26-22-11-3-4-13-24(22)34-28-26/h3-4,7,9,11-13H,1-2,5-6,8,10,14-20H2. The molecule has 2 aromatic heterocycles. The molecular weight excluding hydrogens is 442 g/mol. The first kappa shape index (κ1) is 21.9. The van der Waals surface area contributed by atoms with E-state index in [1.165, 1.54) is 52.8 Å². The predicted molar refractivity (Wildman–Crippen MR) is 141 cm³/mol. The van der Waals surface area contributed by atoms with Gasteiger partial charge in [-0.1, -0.05) is 37.1 Å². The summed E-state index contributed by atoms with van der Waals surface area (Å²) in [5, 5.41) is 1.29. The Morgan fingerprint density at radius 2 is 1.68 bits per heavy atom. The smallest absolute Gasteiger partial charge is 0.329 e. The molecule has 178 valence electrons. The molecule has 6 rings (SSSR count). The largest absolute Gasteiger partial charge is 0.353 e. The molecular formula is C27H33N5OS. The van der Waals surface area contributed by atoms with Gasteiger partial charge >= 0.3 is 5.69 Å². The highest BCUT2D eigenvalue weighted by Gasteiger charge is 2.21. The molecule has 0 radical (unpaired) electrons. The summed E-state index contributed by atoms with van der Waals surface area (Å²) >= 11 is 1.61. The Labute approximate surface area is 204 Å². The van der Waals surface area contributed by atoms with Gasteiger partial charge in [0.2, 0.25) is 0 Å². The lowest BCUT2D eigenvalue weighted by Gasteiger charge is -2.35. The number of nitrogens with zero attached hydrogens (tertiary/aromatic N) is 5. The molecule has 34 heavy (non-hydrogen) atoms. The molecule has 7 heteroatoms. The van der Waals surface area contributed by atoms with E-state index in [0.29, 0.717) is 0 Å². The number of aromatic nitrogens is 3. The van der Waals surface area contributed by atoms with E-state index in [-0.39, 0.29) is 5.69 Å².